The first kappa shape index (κ1) is 13.8. The molecule has 0 amide bonds. The molecule has 0 aliphatic carbocycles. The minimum absolute atomic E-state index is 0.0816. The first-order valence-corrected chi connectivity index (χ1v) is 6.06. The first-order valence-electron chi connectivity index (χ1n) is 6.06. The van der Waals surface area contributed by atoms with Crippen LogP contribution in [0.3, 0.4) is 0 Å². The maximum absolute atomic E-state index is 6.04. The summed E-state index contributed by atoms with van der Waals surface area (Å²) in [5.74, 6) is 0.675. The molecular formula is C15H24N2. The van der Waals surface area contributed by atoms with Crippen molar-refractivity contribution in [3.8, 4) is 0 Å². The third-order valence-corrected chi connectivity index (χ3v) is 2.72. The molecule has 1 aromatic rings. The number of nitrogens with zero attached hydrogens (tertiary/aromatic N) is 1. The van der Waals surface area contributed by atoms with E-state index < -0.39 is 0 Å². The van der Waals surface area contributed by atoms with Gasteiger partial charge in [-0.1, -0.05) is 59.7 Å². The molecule has 0 aromatic heterocycles. The van der Waals surface area contributed by atoms with Gasteiger partial charge in [-0.05, 0) is 17.0 Å². The number of rotatable bonds is 1. The summed E-state index contributed by atoms with van der Waals surface area (Å²) >= 11 is 0. The summed E-state index contributed by atoms with van der Waals surface area (Å²) in [7, 11) is 0. The average molecular weight is 232 g/mol. The Labute approximate surface area is 105 Å². The van der Waals surface area contributed by atoms with E-state index in [4.69, 9.17) is 5.73 Å². The van der Waals surface area contributed by atoms with Gasteiger partial charge in [0.1, 0.15) is 5.84 Å². The number of nitrogens with two attached hydrogens (primary N) is 1. The van der Waals surface area contributed by atoms with Crippen LogP contribution in [0.2, 0.25) is 0 Å². The molecule has 17 heavy (non-hydrogen) atoms. The van der Waals surface area contributed by atoms with Crippen LogP contribution < -0.4 is 5.73 Å². The van der Waals surface area contributed by atoms with Crippen molar-refractivity contribution in [1.29, 1.82) is 0 Å². The lowest BCUT2D eigenvalue weighted by molar-refractivity contribution is 0.580. The second kappa shape index (κ2) is 4.52. The molecule has 2 nitrogen and oxygen atoms in total. The molecule has 0 fully saturated rings. The van der Waals surface area contributed by atoms with E-state index in [-0.39, 0.29) is 10.8 Å². The molecule has 2 N–H and O–H groups in total. The standard InChI is InChI=1S/C15H24N2/c1-14(2,3)11-9-7-8-10-12(11)17-13(16)15(4,5)6/h7-10H,1-6H3,(H2,16,17). The van der Waals surface area contributed by atoms with Crippen molar-refractivity contribution in [2.75, 3.05) is 0 Å². The van der Waals surface area contributed by atoms with Crippen LogP contribution in [-0.2, 0) is 5.41 Å². The fraction of sp³-hybridized carbons (Fsp3) is 0.533. The van der Waals surface area contributed by atoms with Crippen LogP contribution in [0.25, 0.3) is 0 Å². The van der Waals surface area contributed by atoms with Gasteiger partial charge in [-0.15, -0.1) is 0 Å². The Hall–Kier alpha value is -1.31. The minimum Gasteiger partial charge on any atom is -0.387 e. The molecule has 0 heterocycles. The van der Waals surface area contributed by atoms with Gasteiger partial charge in [0.25, 0.3) is 0 Å². The van der Waals surface area contributed by atoms with Crippen molar-refractivity contribution in [3.63, 3.8) is 0 Å². The first-order chi connectivity index (χ1) is 7.62. The number of aliphatic imine (C=N–C) groups is 1. The van der Waals surface area contributed by atoms with Crippen molar-refractivity contribution in [2.45, 2.75) is 47.0 Å². The summed E-state index contributed by atoms with van der Waals surface area (Å²) in [5.41, 5.74) is 8.24. The number of amidine groups is 1. The van der Waals surface area contributed by atoms with Gasteiger partial charge >= 0.3 is 0 Å². The van der Waals surface area contributed by atoms with E-state index in [1.54, 1.807) is 0 Å². The molecule has 0 bridgehead atoms. The number of para-hydroxylation sites is 1. The van der Waals surface area contributed by atoms with Crippen LogP contribution in [-0.4, -0.2) is 5.84 Å². The molecule has 0 unspecified atom stereocenters. The Morgan fingerprint density at radius 3 is 2.00 bits per heavy atom. The molecule has 0 saturated heterocycles. The van der Waals surface area contributed by atoms with Crippen molar-refractivity contribution >= 4 is 11.5 Å². The highest BCUT2D eigenvalue weighted by Crippen LogP contribution is 2.32. The highest BCUT2D eigenvalue weighted by molar-refractivity contribution is 5.88. The zero-order chi connectivity index (χ0) is 13.3. The number of hydrogen-bond acceptors (Lipinski definition) is 1. The van der Waals surface area contributed by atoms with Crippen molar-refractivity contribution in [1.82, 2.24) is 0 Å². The number of benzene rings is 1. The van der Waals surface area contributed by atoms with E-state index in [2.05, 4.69) is 52.6 Å². The Morgan fingerprint density at radius 1 is 1.00 bits per heavy atom. The van der Waals surface area contributed by atoms with Crippen molar-refractivity contribution in [2.24, 2.45) is 16.1 Å². The quantitative estimate of drug-likeness (QED) is 0.576. The summed E-state index contributed by atoms with van der Waals surface area (Å²) in [6.07, 6.45) is 0. The molecule has 0 atom stereocenters. The molecule has 94 valence electrons. The Morgan fingerprint density at radius 2 is 1.53 bits per heavy atom. The SMILES string of the molecule is CC(C)(C)C(N)=Nc1ccccc1C(C)(C)C. The van der Waals surface area contributed by atoms with Crippen molar-refractivity contribution < 1.29 is 0 Å². The summed E-state index contributed by atoms with van der Waals surface area (Å²) in [6.45, 7) is 12.8. The molecule has 0 radical (unpaired) electrons. The van der Waals surface area contributed by atoms with Crippen LogP contribution in [0.4, 0.5) is 5.69 Å². The van der Waals surface area contributed by atoms with Crippen molar-refractivity contribution in [3.05, 3.63) is 29.8 Å². The largest absolute Gasteiger partial charge is 0.387 e. The van der Waals surface area contributed by atoms with Crippen LogP contribution in [0.5, 0.6) is 0 Å². The van der Waals surface area contributed by atoms with Gasteiger partial charge in [-0.3, -0.25) is 0 Å². The molecule has 0 spiro atoms. The fourth-order valence-electron chi connectivity index (χ4n) is 1.50. The third kappa shape index (κ3) is 3.58. The smallest absolute Gasteiger partial charge is 0.105 e. The second-order valence-corrected chi connectivity index (χ2v) is 6.51. The van der Waals surface area contributed by atoms with E-state index in [1.165, 1.54) is 5.56 Å². The summed E-state index contributed by atoms with van der Waals surface area (Å²) in [5, 5.41) is 0. The molecule has 0 aliphatic rings. The summed E-state index contributed by atoms with van der Waals surface area (Å²) in [4.78, 5) is 4.59. The van der Waals surface area contributed by atoms with Gasteiger partial charge in [-0.25, -0.2) is 4.99 Å². The van der Waals surface area contributed by atoms with Gasteiger partial charge in [0.05, 0.1) is 5.69 Å². The van der Waals surface area contributed by atoms with Gasteiger partial charge in [0, 0.05) is 5.41 Å². The van der Waals surface area contributed by atoms with E-state index in [0.29, 0.717) is 5.84 Å². The Balaban J connectivity index is 3.25. The zero-order valence-corrected chi connectivity index (χ0v) is 11.8. The topological polar surface area (TPSA) is 38.4 Å². The third-order valence-electron chi connectivity index (χ3n) is 2.72. The van der Waals surface area contributed by atoms with Crippen LogP contribution in [0, 0.1) is 5.41 Å². The minimum atomic E-state index is -0.0923. The highest BCUT2D eigenvalue weighted by Gasteiger charge is 2.20. The predicted molar refractivity (Wildman–Crippen MR) is 75.9 cm³/mol. The maximum Gasteiger partial charge on any atom is 0.105 e. The molecule has 1 aromatic carbocycles. The Bertz CT molecular complexity index is 417. The Kier molecular flexibility index (Phi) is 3.65. The molecule has 1 rings (SSSR count). The zero-order valence-electron chi connectivity index (χ0n) is 11.8. The summed E-state index contributed by atoms with van der Waals surface area (Å²) < 4.78 is 0. The number of hydrogen-bond donors (Lipinski definition) is 1. The fourth-order valence-corrected chi connectivity index (χ4v) is 1.50. The van der Waals surface area contributed by atoms with Crippen LogP contribution in [0.1, 0.15) is 47.1 Å². The molecule has 0 saturated carbocycles. The predicted octanol–water partition coefficient (Wildman–Crippen LogP) is 4.02. The molecular weight excluding hydrogens is 208 g/mol. The van der Waals surface area contributed by atoms with E-state index in [9.17, 15) is 0 Å². The van der Waals surface area contributed by atoms with E-state index in [0.717, 1.165) is 5.69 Å². The highest BCUT2D eigenvalue weighted by atomic mass is 14.9. The van der Waals surface area contributed by atoms with Gasteiger partial charge in [-0.2, -0.15) is 0 Å². The normalized spacial score (nSPS) is 13.9. The van der Waals surface area contributed by atoms with Gasteiger partial charge in [0.2, 0.25) is 0 Å². The lowest BCUT2D eigenvalue weighted by atomic mass is 9.85. The average Bonchev–Trinajstić information content (AvgIpc) is 2.15. The maximum atomic E-state index is 6.04. The van der Waals surface area contributed by atoms with E-state index in [1.807, 2.05) is 18.2 Å². The lowest BCUT2D eigenvalue weighted by Gasteiger charge is -2.23. The van der Waals surface area contributed by atoms with Crippen LogP contribution in [0.15, 0.2) is 29.3 Å². The van der Waals surface area contributed by atoms with Gasteiger partial charge in [0.15, 0.2) is 0 Å². The van der Waals surface area contributed by atoms with E-state index >= 15 is 0 Å². The second-order valence-electron chi connectivity index (χ2n) is 6.51. The molecule has 2 heteroatoms. The summed E-state index contributed by atoms with van der Waals surface area (Å²) in [6, 6.07) is 8.20. The molecule has 0 aliphatic heterocycles. The monoisotopic (exact) mass is 232 g/mol. The van der Waals surface area contributed by atoms with Gasteiger partial charge < -0.3 is 5.73 Å². The lowest BCUT2D eigenvalue weighted by Crippen LogP contribution is -2.28. The van der Waals surface area contributed by atoms with Crippen LogP contribution >= 0.6 is 0 Å².